The minimum absolute atomic E-state index is 0.424. The van der Waals surface area contributed by atoms with Gasteiger partial charge in [0.2, 0.25) is 5.95 Å². The summed E-state index contributed by atoms with van der Waals surface area (Å²) in [6, 6.07) is 0. The smallest absolute Gasteiger partial charge is 0.471 e. The number of hydrogen-bond acceptors (Lipinski definition) is 3. The van der Waals surface area contributed by atoms with E-state index in [4.69, 9.17) is 5.11 Å². The van der Waals surface area contributed by atoms with Gasteiger partial charge in [0.15, 0.2) is 0 Å². The molecule has 9 heteroatoms. The van der Waals surface area contributed by atoms with Crippen LogP contribution in [0.1, 0.15) is 10.5 Å². The first-order chi connectivity index (χ1) is 6.80. The molecular formula is C6H4F3N3O3. The molecule has 0 spiro atoms. The molecule has 0 aromatic carbocycles. The Morgan fingerprint density at radius 2 is 2.07 bits per heavy atom. The van der Waals surface area contributed by atoms with Crippen LogP contribution in [0.25, 0.3) is 0 Å². The molecule has 0 aliphatic carbocycles. The largest absolute Gasteiger partial charge is 0.477 e. The van der Waals surface area contributed by atoms with Gasteiger partial charge in [-0.3, -0.25) is 10.1 Å². The van der Waals surface area contributed by atoms with Crippen LogP contribution in [-0.4, -0.2) is 33.1 Å². The van der Waals surface area contributed by atoms with Crippen molar-refractivity contribution in [3.05, 3.63) is 11.9 Å². The van der Waals surface area contributed by atoms with E-state index < -0.39 is 29.7 Å². The number of nitrogens with zero attached hydrogens (tertiary/aromatic N) is 1. The van der Waals surface area contributed by atoms with Crippen molar-refractivity contribution in [2.24, 2.45) is 0 Å². The quantitative estimate of drug-likeness (QED) is 0.684. The highest BCUT2D eigenvalue weighted by Gasteiger charge is 2.39. The van der Waals surface area contributed by atoms with Crippen molar-refractivity contribution >= 4 is 17.8 Å². The van der Waals surface area contributed by atoms with Crippen LogP contribution >= 0.6 is 0 Å². The number of carboxylic acid groups (broad SMARTS) is 1. The van der Waals surface area contributed by atoms with E-state index in [1.807, 2.05) is 4.98 Å². The van der Waals surface area contributed by atoms with Crippen LogP contribution in [0.3, 0.4) is 0 Å². The number of rotatable bonds is 2. The molecule has 0 bridgehead atoms. The van der Waals surface area contributed by atoms with Gasteiger partial charge in [-0.15, -0.1) is 0 Å². The molecule has 1 amide bonds. The number of nitrogens with one attached hydrogen (secondary N) is 2. The lowest BCUT2D eigenvalue weighted by Gasteiger charge is -2.04. The number of aromatic nitrogens is 2. The number of aromatic amines is 1. The van der Waals surface area contributed by atoms with Crippen molar-refractivity contribution in [1.82, 2.24) is 9.97 Å². The summed E-state index contributed by atoms with van der Waals surface area (Å²) in [5.74, 6) is -4.20. The van der Waals surface area contributed by atoms with E-state index in [1.165, 1.54) is 5.32 Å². The van der Waals surface area contributed by atoms with Crippen LogP contribution in [-0.2, 0) is 4.79 Å². The van der Waals surface area contributed by atoms with E-state index in [9.17, 15) is 22.8 Å². The number of alkyl halides is 3. The molecule has 0 aliphatic heterocycles. The minimum Gasteiger partial charge on any atom is -0.477 e. The molecule has 0 fully saturated rings. The molecule has 0 atom stereocenters. The summed E-state index contributed by atoms with van der Waals surface area (Å²) in [4.78, 5) is 25.9. The number of imidazole rings is 1. The van der Waals surface area contributed by atoms with E-state index in [2.05, 4.69) is 4.98 Å². The summed E-state index contributed by atoms with van der Waals surface area (Å²) in [5, 5.41) is 9.75. The zero-order valence-corrected chi connectivity index (χ0v) is 6.92. The van der Waals surface area contributed by atoms with Gasteiger partial charge in [0.25, 0.3) is 0 Å². The highest BCUT2D eigenvalue weighted by atomic mass is 19.4. The zero-order valence-electron chi connectivity index (χ0n) is 6.92. The van der Waals surface area contributed by atoms with Crippen LogP contribution in [0, 0.1) is 0 Å². The molecule has 15 heavy (non-hydrogen) atoms. The van der Waals surface area contributed by atoms with Crippen LogP contribution in [0.2, 0.25) is 0 Å². The number of halogens is 3. The van der Waals surface area contributed by atoms with Crippen molar-refractivity contribution in [3.63, 3.8) is 0 Å². The SMILES string of the molecule is O=C(O)c1cnc(NC(=O)C(F)(F)F)[nH]1. The third-order valence-corrected chi connectivity index (χ3v) is 1.30. The molecule has 6 nitrogen and oxygen atoms in total. The van der Waals surface area contributed by atoms with Gasteiger partial charge in [-0.2, -0.15) is 13.2 Å². The molecule has 0 radical (unpaired) electrons. The summed E-state index contributed by atoms with van der Waals surface area (Å²) in [6.07, 6.45) is -4.26. The Balaban J connectivity index is 2.74. The fraction of sp³-hybridized carbons (Fsp3) is 0.167. The van der Waals surface area contributed by atoms with E-state index in [-0.39, 0.29) is 0 Å². The number of H-pyrrole nitrogens is 1. The molecular weight excluding hydrogens is 219 g/mol. The maximum Gasteiger partial charge on any atom is 0.471 e. The van der Waals surface area contributed by atoms with E-state index >= 15 is 0 Å². The zero-order chi connectivity index (χ0) is 11.6. The number of carbonyl (C=O) groups excluding carboxylic acids is 1. The molecule has 1 aromatic heterocycles. The number of aromatic carboxylic acids is 1. The van der Waals surface area contributed by atoms with Gasteiger partial charge < -0.3 is 10.1 Å². The second kappa shape index (κ2) is 3.59. The van der Waals surface area contributed by atoms with E-state index in [0.717, 1.165) is 6.20 Å². The molecule has 0 unspecified atom stereocenters. The summed E-state index contributed by atoms with van der Waals surface area (Å²) in [6.45, 7) is 0. The first-order valence-corrected chi connectivity index (χ1v) is 3.47. The van der Waals surface area contributed by atoms with E-state index in [0.29, 0.717) is 0 Å². The van der Waals surface area contributed by atoms with Gasteiger partial charge in [-0.1, -0.05) is 0 Å². The Hall–Kier alpha value is -2.06. The maximum atomic E-state index is 11.7. The van der Waals surface area contributed by atoms with Crippen molar-refractivity contribution in [1.29, 1.82) is 0 Å². The Bertz CT molecular complexity index is 398. The standard InChI is InChI=1S/C6H4F3N3O3/c7-6(8,9)4(15)12-5-10-1-2(11-5)3(13)14/h1H,(H,13,14)(H2,10,11,12,15). The predicted molar refractivity (Wildman–Crippen MR) is 40.2 cm³/mol. The Morgan fingerprint density at radius 1 is 1.47 bits per heavy atom. The van der Waals surface area contributed by atoms with Gasteiger partial charge in [-0.25, -0.2) is 9.78 Å². The second-order valence-corrected chi connectivity index (χ2v) is 2.40. The highest BCUT2D eigenvalue weighted by molar-refractivity contribution is 5.94. The summed E-state index contributed by atoms with van der Waals surface area (Å²) >= 11 is 0. The Labute approximate surface area is 80.1 Å². The topological polar surface area (TPSA) is 95.1 Å². The van der Waals surface area contributed by atoms with Crippen molar-refractivity contribution in [2.75, 3.05) is 5.32 Å². The molecule has 0 aliphatic rings. The Kier molecular flexibility index (Phi) is 2.64. The first-order valence-electron chi connectivity index (χ1n) is 3.47. The number of carboxylic acids is 1. The van der Waals surface area contributed by atoms with Gasteiger partial charge in [0.1, 0.15) is 5.69 Å². The third-order valence-electron chi connectivity index (χ3n) is 1.30. The number of amides is 1. The lowest BCUT2D eigenvalue weighted by Crippen LogP contribution is -2.30. The van der Waals surface area contributed by atoms with E-state index in [1.54, 1.807) is 0 Å². The molecule has 1 rings (SSSR count). The fourth-order valence-electron chi connectivity index (χ4n) is 0.672. The fourth-order valence-corrected chi connectivity index (χ4v) is 0.672. The van der Waals surface area contributed by atoms with Crippen LogP contribution in [0.15, 0.2) is 6.20 Å². The monoisotopic (exact) mass is 223 g/mol. The van der Waals surface area contributed by atoms with Gasteiger partial charge in [0, 0.05) is 0 Å². The molecule has 1 aromatic rings. The predicted octanol–water partition coefficient (Wildman–Crippen LogP) is 0.609. The molecule has 1 heterocycles. The Morgan fingerprint density at radius 3 is 2.47 bits per heavy atom. The van der Waals surface area contributed by atoms with Gasteiger partial charge in [0.05, 0.1) is 6.20 Å². The van der Waals surface area contributed by atoms with Gasteiger partial charge >= 0.3 is 18.1 Å². The molecule has 0 saturated heterocycles. The average Bonchev–Trinajstić information content (AvgIpc) is 2.50. The number of hydrogen-bond donors (Lipinski definition) is 3. The summed E-state index contributed by atoms with van der Waals surface area (Å²) in [5.41, 5.74) is -0.424. The highest BCUT2D eigenvalue weighted by Crippen LogP contribution is 2.16. The summed E-state index contributed by atoms with van der Waals surface area (Å²) in [7, 11) is 0. The van der Waals surface area contributed by atoms with Crippen LogP contribution < -0.4 is 5.32 Å². The van der Waals surface area contributed by atoms with Gasteiger partial charge in [-0.05, 0) is 0 Å². The van der Waals surface area contributed by atoms with Crippen LogP contribution in [0.4, 0.5) is 19.1 Å². The molecule has 82 valence electrons. The molecule has 0 saturated carbocycles. The minimum atomic E-state index is -5.05. The van der Waals surface area contributed by atoms with Crippen LogP contribution in [0.5, 0.6) is 0 Å². The van der Waals surface area contributed by atoms with Crippen molar-refractivity contribution in [3.8, 4) is 0 Å². The third kappa shape index (κ3) is 2.69. The maximum absolute atomic E-state index is 11.7. The first kappa shape index (κ1) is 11.0. The van der Waals surface area contributed by atoms with Crippen molar-refractivity contribution < 1.29 is 27.9 Å². The number of carbonyl (C=O) groups is 2. The normalized spacial score (nSPS) is 11.1. The second-order valence-electron chi connectivity index (χ2n) is 2.40. The number of anilines is 1. The average molecular weight is 223 g/mol. The molecule has 3 N–H and O–H groups in total. The summed E-state index contributed by atoms with van der Waals surface area (Å²) < 4.78 is 35.2. The lowest BCUT2D eigenvalue weighted by atomic mass is 10.5. The lowest BCUT2D eigenvalue weighted by molar-refractivity contribution is -0.167. The van der Waals surface area contributed by atoms with Crippen molar-refractivity contribution in [2.45, 2.75) is 6.18 Å².